The third-order valence-electron chi connectivity index (χ3n) is 10.4. The Morgan fingerprint density at radius 2 is 1.05 bits per heavy atom. The minimum absolute atomic E-state index is 0.151. The van der Waals surface area contributed by atoms with E-state index in [1.54, 1.807) is 18.3 Å². The number of nitrogens with one attached hydrogen (secondary N) is 2. The first-order valence-electron chi connectivity index (χ1n) is 18.4. The number of halogens is 2. The van der Waals surface area contributed by atoms with E-state index in [0.717, 1.165) is 90.3 Å². The standard InChI is InChI=1S/C22H22ClNO4.C21H20ClNO4/c1-27-22(26)17-12-24-19-11-18(23)15(10-16(17)19)13-6-8-14(9-7-13)28-21-5-3-2-4-20(21)25;22-17-10-18-15(16(11-23-18)21(25)26)9-14(17)12-5-7-13(8-6-12)27-20-4-2-1-3-19(20)24/h6-12,20-21,24-25H,2-5H2,1H3;5-11,19-20,23-24H,1-4H2,(H,25,26)/t20-,21-;19-,20-/m00/s1. The van der Waals surface area contributed by atoms with Crippen molar-refractivity contribution in [1.82, 2.24) is 9.97 Å². The van der Waals surface area contributed by atoms with Gasteiger partial charge in [0, 0.05) is 45.3 Å². The Morgan fingerprint density at radius 1 is 0.636 bits per heavy atom. The van der Waals surface area contributed by atoms with Gasteiger partial charge in [-0.2, -0.15) is 0 Å². The molecule has 2 aromatic heterocycles. The van der Waals surface area contributed by atoms with Crippen molar-refractivity contribution in [2.45, 2.75) is 75.8 Å². The van der Waals surface area contributed by atoms with Gasteiger partial charge in [0.1, 0.15) is 23.7 Å². The highest BCUT2D eigenvalue weighted by Crippen LogP contribution is 2.36. The minimum Gasteiger partial charge on any atom is -0.488 e. The van der Waals surface area contributed by atoms with E-state index in [9.17, 15) is 24.9 Å². The maximum atomic E-state index is 12.0. The Labute approximate surface area is 328 Å². The minimum atomic E-state index is -0.982. The van der Waals surface area contributed by atoms with Crippen LogP contribution in [0.25, 0.3) is 44.1 Å². The second-order valence-corrected chi connectivity index (χ2v) is 14.8. The molecule has 286 valence electrons. The Hall–Kier alpha value is -5.00. The number of hydrogen-bond donors (Lipinski definition) is 5. The summed E-state index contributed by atoms with van der Waals surface area (Å²) in [4.78, 5) is 29.3. The SMILES string of the molecule is COC(=O)c1c[nH]c2cc(Cl)c(-c3ccc(O[C@H]4CCCC[C@@H]4O)cc3)cc12.O=C(O)c1c[nH]c2cc(Cl)c(-c3ccc(O[C@H]4CCCC[C@@H]4O)cc3)cc12. The average Bonchev–Trinajstić information content (AvgIpc) is 3.80. The van der Waals surface area contributed by atoms with Gasteiger partial charge in [0.25, 0.3) is 0 Å². The van der Waals surface area contributed by atoms with Crippen LogP contribution < -0.4 is 9.47 Å². The number of carboxylic acid groups (broad SMARTS) is 1. The number of aromatic amines is 2. The maximum Gasteiger partial charge on any atom is 0.340 e. The molecule has 4 aromatic carbocycles. The van der Waals surface area contributed by atoms with E-state index >= 15 is 0 Å². The summed E-state index contributed by atoms with van der Waals surface area (Å²) in [6, 6.07) is 22.4. The van der Waals surface area contributed by atoms with E-state index in [2.05, 4.69) is 9.97 Å². The van der Waals surface area contributed by atoms with Gasteiger partial charge in [0.2, 0.25) is 0 Å². The quantitative estimate of drug-likeness (QED) is 0.0956. The van der Waals surface area contributed by atoms with Crippen molar-refractivity contribution in [3.8, 4) is 33.8 Å². The summed E-state index contributed by atoms with van der Waals surface area (Å²) in [5, 5.41) is 32.0. The van der Waals surface area contributed by atoms with Crippen LogP contribution in [0.4, 0.5) is 0 Å². The van der Waals surface area contributed by atoms with Crippen LogP contribution in [0, 0.1) is 0 Å². The molecule has 55 heavy (non-hydrogen) atoms. The fraction of sp³-hybridized carbons (Fsp3) is 0.302. The van der Waals surface area contributed by atoms with Gasteiger partial charge in [-0.15, -0.1) is 0 Å². The Morgan fingerprint density at radius 3 is 1.47 bits per heavy atom. The number of carboxylic acids is 1. The van der Waals surface area contributed by atoms with Crippen LogP contribution in [0.3, 0.4) is 0 Å². The molecule has 6 aromatic rings. The van der Waals surface area contributed by atoms with Crippen LogP contribution in [0.1, 0.15) is 72.1 Å². The molecule has 2 aliphatic rings. The van der Waals surface area contributed by atoms with Crippen molar-refractivity contribution >= 4 is 56.9 Å². The van der Waals surface area contributed by atoms with Gasteiger partial charge in [-0.05, 0) is 98.2 Å². The number of aliphatic hydroxyl groups is 2. The highest BCUT2D eigenvalue weighted by Gasteiger charge is 2.26. The number of H-pyrrole nitrogens is 2. The third-order valence-corrected chi connectivity index (χ3v) is 11.0. The fourth-order valence-corrected chi connectivity index (χ4v) is 7.94. The van der Waals surface area contributed by atoms with Gasteiger partial charge in [-0.1, -0.05) is 60.3 Å². The molecule has 4 atom stereocenters. The van der Waals surface area contributed by atoms with Gasteiger partial charge in [-0.3, -0.25) is 0 Å². The topological polar surface area (TPSA) is 154 Å². The van der Waals surface area contributed by atoms with Crippen LogP contribution in [0.5, 0.6) is 11.5 Å². The number of methoxy groups -OCH3 is 1. The summed E-state index contributed by atoms with van der Waals surface area (Å²) in [5.41, 5.74) is 5.53. The summed E-state index contributed by atoms with van der Waals surface area (Å²) in [6.07, 6.45) is 9.49. The number of fused-ring (bicyclic) bond motifs is 2. The van der Waals surface area contributed by atoms with Gasteiger partial charge < -0.3 is 39.5 Å². The van der Waals surface area contributed by atoms with E-state index in [-0.39, 0.29) is 17.8 Å². The van der Waals surface area contributed by atoms with Crippen molar-refractivity contribution in [3.63, 3.8) is 0 Å². The molecular weight excluding hydrogens is 743 g/mol. The van der Waals surface area contributed by atoms with Crippen LogP contribution in [0.2, 0.25) is 10.0 Å². The molecule has 5 N–H and O–H groups in total. The van der Waals surface area contributed by atoms with Crippen LogP contribution in [0.15, 0.2) is 85.2 Å². The molecule has 8 rings (SSSR count). The number of aromatic carboxylic acids is 1. The fourth-order valence-electron chi connectivity index (χ4n) is 7.39. The van der Waals surface area contributed by atoms with Crippen molar-refractivity contribution in [2.75, 3.05) is 7.11 Å². The zero-order chi connectivity index (χ0) is 38.6. The Balaban J connectivity index is 0.000000169. The number of benzene rings is 4. The van der Waals surface area contributed by atoms with Crippen LogP contribution >= 0.6 is 23.2 Å². The molecule has 2 saturated carbocycles. The van der Waals surface area contributed by atoms with E-state index in [1.807, 2.05) is 60.7 Å². The van der Waals surface area contributed by atoms with E-state index in [0.29, 0.717) is 32.3 Å². The van der Waals surface area contributed by atoms with E-state index < -0.39 is 24.1 Å². The average molecular weight is 786 g/mol. The highest BCUT2D eigenvalue weighted by atomic mass is 35.5. The van der Waals surface area contributed by atoms with Gasteiger partial charge in [-0.25, -0.2) is 9.59 Å². The lowest BCUT2D eigenvalue weighted by Crippen LogP contribution is -2.34. The molecule has 2 aliphatic carbocycles. The second-order valence-electron chi connectivity index (χ2n) is 14.0. The first-order valence-corrected chi connectivity index (χ1v) is 19.2. The lowest BCUT2D eigenvalue weighted by molar-refractivity contribution is 0.00687. The summed E-state index contributed by atoms with van der Waals surface area (Å²) in [7, 11) is 1.36. The van der Waals surface area contributed by atoms with Crippen molar-refractivity contribution < 1.29 is 39.1 Å². The number of esters is 1. The molecule has 0 saturated heterocycles. The number of aromatic nitrogens is 2. The van der Waals surface area contributed by atoms with Crippen molar-refractivity contribution in [1.29, 1.82) is 0 Å². The Kier molecular flexibility index (Phi) is 11.7. The second kappa shape index (κ2) is 16.8. The number of carbonyl (C=O) groups is 2. The molecule has 0 unspecified atom stereocenters. The molecule has 0 radical (unpaired) electrons. The molecule has 0 bridgehead atoms. The molecule has 2 heterocycles. The monoisotopic (exact) mass is 784 g/mol. The first-order chi connectivity index (χ1) is 26.6. The van der Waals surface area contributed by atoms with Crippen molar-refractivity contribution in [3.05, 3.63) is 106 Å². The number of aliphatic hydroxyl groups excluding tert-OH is 2. The highest BCUT2D eigenvalue weighted by molar-refractivity contribution is 6.35. The summed E-state index contributed by atoms with van der Waals surface area (Å²) < 4.78 is 16.7. The summed E-state index contributed by atoms with van der Waals surface area (Å²) in [6.45, 7) is 0. The number of ether oxygens (including phenoxy) is 3. The van der Waals surface area contributed by atoms with Gasteiger partial charge >= 0.3 is 11.9 Å². The normalized spacial score (nSPS) is 19.7. The lowest BCUT2D eigenvalue weighted by atomic mass is 9.95. The van der Waals surface area contributed by atoms with Gasteiger partial charge in [0.05, 0.1) is 40.5 Å². The zero-order valence-electron chi connectivity index (χ0n) is 30.2. The largest absolute Gasteiger partial charge is 0.488 e. The molecule has 12 heteroatoms. The summed E-state index contributed by atoms with van der Waals surface area (Å²) in [5.74, 6) is 0.0529. The maximum absolute atomic E-state index is 12.0. The molecule has 10 nitrogen and oxygen atoms in total. The first kappa shape index (κ1) is 38.3. The number of hydrogen-bond acceptors (Lipinski definition) is 7. The molecule has 0 spiro atoms. The zero-order valence-corrected chi connectivity index (χ0v) is 31.7. The number of rotatable bonds is 8. The van der Waals surface area contributed by atoms with E-state index in [1.165, 1.54) is 13.3 Å². The molecular formula is C43H42Cl2N2O8. The van der Waals surface area contributed by atoms with Crippen LogP contribution in [-0.4, -0.2) is 68.8 Å². The number of carbonyl (C=O) groups excluding carboxylic acids is 1. The van der Waals surface area contributed by atoms with Crippen LogP contribution in [-0.2, 0) is 4.74 Å². The molecule has 0 aliphatic heterocycles. The van der Waals surface area contributed by atoms with E-state index in [4.69, 9.17) is 37.4 Å². The van der Waals surface area contributed by atoms with Gasteiger partial charge in [0.15, 0.2) is 0 Å². The predicted molar refractivity (Wildman–Crippen MR) is 214 cm³/mol. The molecule has 2 fully saturated rings. The van der Waals surface area contributed by atoms with Crippen molar-refractivity contribution in [2.24, 2.45) is 0 Å². The lowest BCUT2D eigenvalue weighted by Gasteiger charge is -2.28. The summed E-state index contributed by atoms with van der Waals surface area (Å²) >= 11 is 12.9. The third kappa shape index (κ3) is 8.48. The smallest absolute Gasteiger partial charge is 0.340 e. The Bertz CT molecular complexity index is 2300. The predicted octanol–water partition coefficient (Wildman–Crippen LogP) is 9.83. The molecule has 0 amide bonds.